The topological polar surface area (TPSA) is 12.9 Å². The molecule has 39 heavy (non-hydrogen) atoms. The lowest BCUT2D eigenvalue weighted by molar-refractivity contribution is 0.410. The van der Waals surface area contributed by atoms with Gasteiger partial charge < -0.3 is 0 Å². The van der Waals surface area contributed by atoms with Gasteiger partial charge in [0.15, 0.2) is 0 Å². The Morgan fingerprint density at radius 2 is 1.38 bits per heavy atom. The Morgan fingerprint density at radius 3 is 2.10 bits per heavy atom. The second kappa shape index (κ2) is 9.37. The lowest BCUT2D eigenvalue weighted by Crippen LogP contribution is -2.12. The van der Waals surface area contributed by atoms with Crippen LogP contribution >= 0.6 is 11.8 Å². The number of rotatable bonds is 4. The van der Waals surface area contributed by atoms with Gasteiger partial charge in [-0.3, -0.25) is 4.98 Å². The van der Waals surface area contributed by atoms with Gasteiger partial charge in [0.2, 0.25) is 0 Å². The smallest absolute Gasteiger partial charge is 0.0803 e. The molecule has 0 fully saturated rings. The molecular formula is C37H41NS. The van der Waals surface area contributed by atoms with Crippen LogP contribution in [-0.2, 0) is 19.3 Å². The normalized spacial score (nSPS) is 13.6. The second-order valence-electron chi connectivity index (χ2n) is 14.5. The molecule has 2 heterocycles. The SMILES string of the molecule is CC(C)Cc1ccc2c(c1)cc1c3c(nccc32)-c2cc3cc(CC(C)(C)C)ccc3c(CC(C)(C)C)c2S1. The van der Waals surface area contributed by atoms with Crippen LogP contribution in [-0.4, -0.2) is 4.98 Å². The standard InChI is InChI=1S/C37H41NS/c1-22(2)15-23-9-11-27-26(16-23)19-32-33-29(27)13-14-38-34(33)30-18-25-17-24(20-36(3,4)5)10-12-28(25)31(35(30)39-32)21-37(6,7)8/h9-14,16-19,22H,15,20-21H2,1-8H3. The molecule has 4 aromatic carbocycles. The number of benzene rings is 4. The van der Waals surface area contributed by atoms with Crippen LogP contribution in [0.3, 0.4) is 0 Å². The third-order valence-electron chi connectivity index (χ3n) is 7.70. The van der Waals surface area contributed by atoms with Crippen molar-refractivity contribution in [1.29, 1.82) is 0 Å². The molecule has 1 aliphatic heterocycles. The first kappa shape index (κ1) is 26.4. The van der Waals surface area contributed by atoms with E-state index in [0.717, 1.165) is 25.0 Å². The molecule has 0 radical (unpaired) electrons. The zero-order valence-electron chi connectivity index (χ0n) is 24.8. The summed E-state index contributed by atoms with van der Waals surface area (Å²) in [5, 5.41) is 8.04. The zero-order valence-corrected chi connectivity index (χ0v) is 25.6. The van der Waals surface area contributed by atoms with Crippen molar-refractivity contribution in [2.24, 2.45) is 16.7 Å². The fourth-order valence-electron chi connectivity index (χ4n) is 6.35. The number of hydrogen-bond acceptors (Lipinski definition) is 2. The van der Waals surface area contributed by atoms with Gasteiger partial charge in [-0.2, -0.15) is 0 Å². The molecule has 0 aliphatic carbocycles. The molecule has 0 saturated carbocycles. The average Bonchev–Trinajstić information content (AvgIpc) is 2.82. The summed E-state index contributed by atoms with van der Waals surface area (Å²) in [6.07, 6.45) is 5.24. The Morgan fingerprint density at radius 1 is 0.718 bits per heavy atom. The minimum Gasteiger partial charge on any atom is -0.256 e. The van der Waals surface area contributed by atoms with Crippen molar-refractivity contribution in [3.8, 4) is 11.3 Å². The fourth-order valence-corrected chi connectivity index (χ4v) is 7.64. The molecule has 200 valence electrons. The molecule has 0 saturated heterocycles. The van der Waals surface area contributed by atoms with Crippen molar-refractivity contribution in [2.75, 3.05) is 0 Å². The van der Waals surface area contributed by atoms with Crippen molar-refractivity contribution in [1.82, 2.24) is 4.98 Å². The molecule has 0 bridgehead atoms. The first-order valence-corrected chi connectivity index (χ1v) is 15.3. The number of pyridine rings is 1. The lowest BCUT2D eigenvalue weighted by Gasteiger charge is -2.28. The Kier molecular flexibility index (Phi) is 6.34. The molecule has 0 N–H and O–H groups in total. The van der Waals surface area contributed by atoms with E-state index in [1.807, 2.05) is 18.0 Å². The van der Waals surface area contributed by atoms with Crippen LogP contribution in [0, 0.1) is 16.7 Å². The van der Waals surface area contributed by atoms with Crippen molar-refractivity contribution < 1.29 is 0 Å². The predicted molar refractivity (Wildman–Crippen MR) is 171 cm³/mol. The molecule has 0 unspecified atom stereocenters. The Bertz CT molecular complexity index is 1740. The molecule has 1 nitrogen and oxygen atoms in total. The van der Waals surface area contributed by atoms with Gasteiger partial charge in [-0.25, -0.2) is 0 Å². The van der Waals surface area contributed by atoms with E-state index < -0.39 is 0 Å². The molecule has 2 heteroatoms. The molecule has 1 aliphatic rings. The second-order valence-corrected chi connectivity index (χ2v) is 15.5. The quantitative estimate of drug-likeness (QED) is 0.210. The summed E-state index contributed by atoms with van der Waals surface area (Å²) in [4.78, 5) is 7.79. The highest BCUT2D eigenvalue weighted by molar-refractivity contribution is 8.00. The maximum Gasteiger partial charge on any atom is 0.0803 e. The van der Waals surface area contributed by atoms with E-state index in [9.17, 15) is 0 Å². The summed E-state index contributed by atoms with van der Waals surface area (Å²) in [7, 11) is 0. The molecule has 5 aromatic rings. The van der Waals surface area contributed by atoms with Gasteiger partial charge in [-0.1, -0.05) is 104 Å². The van der Waals surface area contributed by atoms with E-state index in [1.54, 1.807) is 0 Å². The van der Waals surface area contributed by atoms with Gasteiger partial charge in [0, 0.05) is 26.9 Å². The highest BCUT2D eigenvalue weighted by atomic mass is 32.2. The van der Waals surface area contributed by atoms with Gasteiger partial charge in [0.1, 0.15) is 0 Å². The van der Waals surface area contributed by atoms with Crippen LogP contribution in [0.2, 0.25) is 0 Å². The molecule has 0 amide bonds. The highest BCUT2D eigenvalue weighted by Crippen LogP contribution is 2.52. The highest BCUT2D eigenvalue weighted by Gasteiger charge is 2.27. The molecule has 0 spiro atoms. The van der Waals surface area contributed by atoms with Crippen LogP contribution in [0.4, 0.5) is 0 Å². The van der Waals surface area contributed by atoms with Crippen LogP contribution < -0.4 is 0 Å². The van der Waals surface area contributed by atoms with Crippen molar-refractivity contribution >= 4 is 44.1 Å². The van der Waals surface area contributed by atoms with Gasteiger partial charge >= 0.3 is 0 Å². The van der Waals surface area contributed by atoms with E-state index in [0.29, 0.717) is 5.92 Å². The summed E-state index contributed by atoms with van der Waals surface area (Å²) in [5.41, 5.74) is 7.19. The summed E-state index contributed by atoms with van der Waals surface area (Å²) in [5.74, 6) is 0.649. The third kappa shape index (κ3) is 5.09. The number of aromatic nitrogens is 1. The number of fused-ring (bicyclic) bond motifs is 5. The number of hydrogen-bond donors (Lipinski definition) is 0. The van der Waals surface area contributed by atoms with E-state index in [4.69, 9.17) is 4.98 Å². The Hall–Kier alpha value is -2.84. The third-order valence-corrected chi connectivity index (χ3v) is 8.91. The van der Waals surface area contributed by atoms with E-state index >= 15 is 0 Å². The summed E-state index contributed by atoms with van der Waals surface area (Å²) in [6, 6.07) is 21.3. The molecule has 0 atom stereocenters. The van der Waals surface area contributed by atoms with Gasteiger partial charge in [0.25, 0.3) is 0 Å². The first-order chi connectivity index (χ1) is 18.4. The first-order valence-electron chi connectivity index (χ1n) is 14.5. The Balaban J connectivity index is 1.62. The van der Waals surface area contributed by atoms with Crippen molar-refractivity contribution in [3.63, 3.8) is 0 Å². The predicted octanol–water partition coefficient (Wildman–Crippen LogP) is 11.0. The fraction of sp³-hybridized carbons (Fsp3) is 0.378. The molecular weight excluding hydrogens is 490 g/mol. The summed E-state index contributed by atoms with van der Waals surface area (Å²) in [6.45, 7) is 18.6. The maximum atomic E-state index is 5.06. The van der Waals surface area contributed by atoms with E-state index in [-0.39, 0.29) is 10.8 Å². The van der Waals surface area contributed by atoms with Gasteiger partial charge in [0.05, 0.1) is 5.69 Å². The lowest BCUT2D eigenvalue weighted by atomic mass is 9.83. The van der Waals surface area contributed by atoms with Crippen molar-refractivity contribution in [3.05, 3.63) is 77.5 Å². The van der Waals surface area contributed by atoms with E-state index in [2.05, 4.69) is 110 Å². The molecule has 1 aromatic heterocycles. The van der Waals surface area contributed by atoms with Gasteiger partial charge in [-0.05, 0) is 97.8 Å². The van der Waals surface area contributed by atoms with E-state index in [1.165, 1.54) is 64.4 Å². The monoisotopic (exact) mass is 531 g/mol. The maximum absolute atomic E-state index is 5.06. The zero-order chi connectivity index (χ0) is 27.7. The minimum atomic E-state index is 0.182. The molecule has 6 rings (SSSR count). The van der Waals surface area contributed by atoms with Gasteiger partial charge in [-0.15, -0.1) is 0 Å². The Labute approximate surface area is 238 Å². The van der Waals surface area contributed by atoms with Crippen LogP contribution in [0.1, 0.15) is 72.1 Å². The van der Waals surface area contributed by atoms with Crippen molar-refractivity contribution in [2.45, 2.75) is 84.4 Å². The minimum absolute atomic E-state index is 0.182. The summed E-state index contributed by atoms with van der Waals surface area (Å²) >= 11 is 1.97. The average molecular weight is 532 g/mol. The number of nitrogens with zero attached hydrogens (tertiary/aromatic N) is 1. The van der Waals surface area contributed by atoms with Crippen LogP contribution in [0.5, 0.6) is 0 Å². The van der Waals surface area contributed by atoms with Crippen LogP contribution in [0.15, 0.2) is 70.6 Å². The largest absolute Gasteiger partial charge is 0.256 e. The van der Waals surface area contributed by atoms with Crippen LogP contribution in [0.25, 0.3) is 43.6 Å². The summed E-state index contributed by atoms with van der Waals surface area (Å²) < 4.78 is 0.